The summed E-state index contributed by atoms with van der Waals surface area (Å²) in [6.07, 6.45) is 2.93. The van der Waals surface area contributed by atoms with E-state index in [4.69, 9.17) is 11.6 Å². The van der Waals surface area contributed by atoms with Crippen molar-refractivity contribution in [2.45, 2.75) is 33.6 Å². The minimum absolute atomic E-state index is 0.0530. The van der Waals surface area contributed by atoms with Gasteiger partial charge in [-0.3, -0.25) is 4.79 Å². The van der Waals surface area contributed by atoms with E-state index in [9.17, 15) is 4.79 Å². The third-order valence-electron chi connectivity index (χ3n) is 2.92. The van der Waals surface area contributed by atoms with Crippen molar-refractivity contribution in [1.29, 1.82) is 0 Å². The van der Waals surface area contributed by atoms with E-state index in [0.717, 1.165) is 12.1 Å². The van der Waals surface area contributed by atoms with Gasteiger partial charge in [0.25, 0.3) is 0 Å². The Morgan fingerprint density at radius 2 is 2.24 bits per heavy atom. The Morgan fingerprint density at radius 3 is 2.76 bits per heavy atom. The van der Waals surface area contributed by atoms with E-state index < -0.39 is 5.41 Å². The van der Waals surface area contributed by atoms with E-state index in [1.165, 1.54) is 0 Å². The molecule has 1 aromatic heterocycles. The normalized spacial score (nSPS) is 14.1. The molecule has 4 nitrogen and oxygen atoms in total. The van der Waals surface area contributed by atoms with Gasteiger partial charge in [0.1, 0.15) is 0 Å². The van der Waals surface area contributed by atoms with Crippen LogP contribution >= 0.6 is 11.6 Å². The molecule has 0 aliphatic heterocycles. The van der Waals surface area contributed by atoms with Gasteiger partial charge in [0.05, 0.1) is 5.41 Å². The van der Waals surface area contributed by atoms with Crippen LogP contribution in [0.2, 0.25) is 5.28 Å². The van der Waals surface area contributed by atoms with E-state index in [1.807, 2.05) is 20.8 Å². The molecule has 0 fully saturated rings. The highest BCUT2D eigenvalue weighted by Gasteiger charge is 2.31. The number of halogens is 1. The minimum atomic E-state index is -0.451. The van der Waals surface area contributed by atoms with E-state index in [1.54, 1.807) is 12.3 Å². The number of hydrogen-bond acceptors (Lipinski definition) is 3. The van der Waals surface area contributed by atoms with Gasteiger partial charge < -0.3 is 5.32 Å². The van der Waals surface area contributed by atoms with Gasteiger partial charge in [-0.05, 0) is 31.0 Å². The fourth-order valence-corrected chi connectivity index (χ4v) is 1.77. The molecular weight excluding hydrogens is 238 g/mol. The Bertz CT molecular complexity index is 397. The van der Waals surface area contributed by atoms with Gasteiger partial charge in [0.2, 0.25) is 11.2 Å². The van der Waals surface area contributed by atoms with Crippen molar-refractivity contribution in [2.75, 3.05) is 6.54 Å². The molecular formula is C12H18ClN3O. The number of nitrogens with zero attached hydrogens (tertiary/aromatic N) is 2. The van der Waals surface area contributed by atoms with Crippen molar-refractivity contribution in [3.63, 3.8) is 0 Å². The van der Waals surface area contributed by atoms with E-state index in [0.29, 0.717) is 13.0 Å². The van der Waals surface area contributed by atoms with E-state index >= 15 is 0 Å². The molecule has 1 amide bonds. The summed E-state index contributed by atoms with van der Waals surface area (Å²) < 4.78 is 0. The molecule has 0 aliphatic carbocycles. The Morgan fingerprint density at radius 1 is 1.53 bits per heavy atom. The summed E-state index contributed by atoms with van der Waals surface area (Å²) >= 11 is 5.73. The van der Waals surface area contributed by atoms with Crippen molar-refractivity contribution >= 4 is 17.5 Å². The third kappa shape index (κ3) is 3.66. The molecule has 94 valence electrons. The predicted octanol–water partition coefficient (Wildman–Crippen LogP) is 2.22. The number of amides is 1. The zero-order chi connectivity index (χ0) is 12.9. The molecule has 0 radical (unpaired) electrons. The van der Waals surface area contributed by atoms with Crippen LogP contribution in [-0.4, -0.2) is 22.4 Å². The van der Waals surface area contributed by atoms with Crippen molar-refractivity contribution in [2.24, 2.45) is 5.41 Å². The van der Waals surface area contributed by atoms with Crippen molar-refractivity contribution in [3.8, 4) is 0 Å². The highest BCUT2D eigenvalue weighted by Crippen LogP contribution is 2.26. The molecule has 0 spiro atoms. The second-order valence-electron chi connectivity index (χ2n) is 4.27. The van der Waals surface area contributed by atoms with Crippen LogP contribution in [0.15, 0.2) is 12.3 Å². The monoisotopic (exact) mass is 255 g/mol. The number of rotatable bonds is 5. The summed E-state index contributed by atoms with van der Waals surface area (Å²) in [6, 6.07) is 1.79. The van der Waals surface area contributed by atoms with Crippen molar-refractivity contribution < 1.29 is 4.79 Å². The second-order valence-corrected chi connectivity index (χ2v) is 4.61. The van der Waals surface area contributed by atoms with Gasteiger partial charge >= 0.3 is 0 Å². The molecule has 0 bridgehead atoms. The molecule has 1 aromatic rings. The van der Waals surface area contributed by atoms with Crippen LogP contribution in [0.25, 0.3) is 0 Å². The topological polar surface area (TPSA) is 54.9 Å². The number of aromatic nitrogens is 2. The molecule has 0 aliphatic rings. The zero-order valence-corrected chi connectivity index (χ0v) is 11.2. The Hall–Kier alpha value is -1.16. The van der Waals surface area contributed by atoms with Crippen LogP contribution in [-0.2, 0) is 11.2 Å². The summed E-state index contributed by atoms with van der Waals surface area (Å²) in [5.74, 6) is 0.0530. The second kappa shape index (κ2) is 5.96. The first kappa shape index (κ1) is 13.9. The quantitative estimate of drug-likeness (QED) is 0.821. The van der Waals surface area contributed by atoms with E-state index in [2.05, 4.69) is 15.3 Å². The smallest absolute Gasteiger partial charge is 0.226 e. The van der Waals surface area contributed by atoms with Crippen LogP contribution in [0.4, 0.5) is 0 Å². The molecule has 0 saturated heterocycles. The van der Waals surface area contributed by atoms with Gasteiger partial charge in [-0.2, -0.15) is 0 Å². The first-order valence-corrected chi connectivity index (χ1v) is 6.15. The van der Waals surface area contributed by atoms with E-state index in [-0.39, 0.29) is 11.2 Å². The maximum absolute atomic E-state index is 12.0. The minimum Gasteiger partial charge on any atom is -0.356 e. The average molecular weight is 256 g/mol. The van der Waals surface area contributed by atoms with Crippen LogP contribution < -0.4 is 5.32 Å². The molecule has 0 unspecified atom stereocenters. The third-order valence-corrected chi connectivity index (χ3v) is 3.10. The number of carbonyl (C=O) groups is 1. The molecule has 0 aromatic carbocycles. The molecule has 1 rings (SSSR count). The number of carbonyl (C=O) groups excluding carboxylic acids is 1. The Labute approximate surface area is 107 Å². The first-order valence-electron chi connectivity index (χ1n) is 5.77. The highest BCUT2D eigenvalue weighted by atomic mass is 35.5. The largest absolute Gasteiger partial charge is 0.356 e. The lowest BCUT2D eigenvalue weighted by molar-refractivity contribution is -0.130. The first-order chi connectivity index (χ1) is 8.01. The summed E-state index contributed by atoms with van der Waals surface area (Å²) in [5, 5.41) is 3.08. The summed E-state index contributed by atoms with van der Waals surface area (Å²) in [7, 11) is 0. The lowest BCUT2D eigenvalue weighted by Crippen LogP contribution is -2.40. The van der Waals surface area contributed by atoms with Crippen LogP contribution in [0.1, 0.15) is 32.9 Å². The van der Waals surface area contributed by atoms with Crippen LogP contribution in [0.5, 0.6) is 0 Å². The highest BCUT2D eigenvalue weighted by molar-refractivity contribution is 6.28. The Kier molecular flexibility index (Phi) is 4.87. The lowest BCUT2D eigenvalue weighted by Gasteiger charge is -2.26. The lowest BCUT2D eigenvalue weighted by atomic mass is 9.81. The predicted molar refractivity (Wildman–Crippen MR) is 67.8 cm³/mol. The molecule has 5 heteroatoms. The molecule has 1 heterocycles. The fraction of sp³-hybridized carbons (Fsp3) is 0.583. The SMILES string of the molecule is CCNC(=O)[C@@](C)(CC)Cc1ccnc(Cl)n1. The van der Waals surface area contributed by atoms with Gasteiger partial charge in [-0.1, -0.05) is 13.8 Å². The Balaban J connectivity index is 2.85. The summed E-state index contributed by atoms with van der Waals surface area (Å²) in [6.45, 7) is 6.49. The standard InChI is InChI=1S/C12H18ClN3O/c1-4-12(3,10(17)14-5-2)8-9-6-7-15-11(13)16-9/h6-7H,4-5,8H2,1-3H3,(H,14,17)/t12-/m0/s1. The molecule has 1 atom stereocenters. The van der Waals surface area contributed by atoms with Gasteiger partial charge in [-0.15, -0.1) is 0 Å². The molecule has 0 saturated carbocycles. The number of nitrogens with one attached hydrogen (secondary N) is 1. The summed E-state index contributed by atoms with van der Waals surface area (Å²) in [4.78, 5) is 20.0. The van der Waals surface area contributed by atoms with Crippen molar-refractivity contribution in [1.82, 2.24) is 15.3 Å². The zero-order valence-electron chi connectivity index (χ0n) is 10.5. The fourth-order valence-electron chi connectivity index (χ4n) is 1.61. The maximum Gasteiger partial charge on any atom is 0.226 e. The van der Waals surface area contributed by atoms with Crippen LogP contribution in [0.3, 0.4) is 0 Å². The molecule has 1 N–H and O–H groups in total. The number of hydrogen-bond donors (Lipinski definition) is 1. The average Bonchev–Trinajstić information content (AvgIpc) is 2.29. The summed E-state index contributed by atoms with van der Waals surface area (Å²) in [5.41, 5.74) is 0.342. The van der Waals surface area contributed by atoms with Gasteiger partial charge in [0.15, 0.2) is 0 Å². The van der Waals surface area contributed by atoms with Crippen LogP contribution in [0, 0.1) is 5.41 Å². The van der Waals surface area contributed by atoms with Crippen molar-refractivity contribution in [3.05, 3.63) is 23.2 Å². The van der Waals surface area contributed by atoms with Gasteiger partial charge in [0, 0.05) is 24.9 Å². The van der Waals surface area contributed by atoms with Gasteiger partial charge in [-0.25, -0.2) is 9.97 Å². The molecule has 17 heavy (non-hydrogen) atoms. The maximum atomic E-state index is 12.0.